The van der Waals surface area contributed by atoms with Crippen molar-refractivity contribution in [2.45, 2.75) is 12.3 Å². The second kappa shape index (κ2) is 14.3. The molecule has 0 amide bonds. The molecule has 0 fully saturated rings. The minimum atomic E-state index is 0.309. The van der Waals surface area contributed by atoms with Gasteiger partial charge in [0.15, 0.2) is 0 Å². The molecule has 0 bridgehead atoms. The van der Waals surface area contributed by atoms with E-state index in [9.17, 15) is 0 Å². The first-order valence-electron chi connectivity index (χ1n) is 20.2. The maximum atomic E-state index is 2.42. The molecule has 0 saturated carbocycles. The number of rotatable bonds is 7. The normalized spacial score (nSPS) is 14.0. The van der Waals surface area contributed by atoms with Crippen LogP contribution in [0.5, 0.6) is 0 Å². The number of anilines is 2. The molecule has 10 aromatic rings. The molecular weight excluding hydrogens is 701 g/mol. The summed E-state index contributed by atoms with van der Waals surface area (Å²) in [7, 11) is 0. The molecule has 0 spiro atoms. The van der Waals surface area contributed by atoms with E-state index < -0.39 is 0 Å². The molecule has 0 saturated heterocycles. The van der Waals surface area contributed by atoms with Crippen LogP contribution in [-0.2, 0) is 0 Å². The van der Waals surface area contributed by atoms with E-state index in [1.807, 2.05) is 0 Å². The maximum Gasteiger partial charge on any atom is 0.0547 e. The average Bonchev–Trinajstić information content (AvgIpc) is 3.65. The van der Waals surface area contributed by atoms with Gasteiger partial charge in [0, 0.05) is 39.4 Å². The topological polar surface area (TPSA) is 8.17 Å². The third kappa shape index (κ3) is 5.81. The molecule has 0 radical (unpaired) electrons. The summed E-state index contributed by atoms with van der Waals surface area (Å²) in [5.41, 5.74) is 13.3. The zero-order valence-corrected chi connectivity index (χ0v) is 32.0. The van der Waals surface area contributed by atoms with E-state index in [2.05, 4.69) is 234 Å². The monoisotopic (exact) mass is 740 g/mol. The number of fused-ring (bicyclic) bond motifs is 6. The predicted molar refractivity (Wildman–Crippen MR) is 246 cm³/mol. The zero-order chi connectivity index (χ0) is 38.4. The van der Waals surface area contributed by atoms with Crippen molar-refractivity contribution in [3.05, 3.63) is 236 Å². The Bertz CT molecular complexity index is 3180. The minimum Gasteiger partial charge on any atom is -0.311 e. The number of hydrogen-bond donors (Lipinski definition) is 0. The molecule has 274 valence electrons. The van der Waals surface area contributed by atoms with Crippen molar-refractivity contribution in [3.8, 4) is 27.9 Å². The third-order valence-corrected chi connectivity index (χ3v) is 11.9. The minimum absolute atomic E-state index is 0.309. The summed E-state index contributed by atoms with van der Waals surface area (Å²) in [6, 6.07) is 75.1. The summed E-state index contributed by atoms with van der Waals surface area (Å²) in [5, 5.41) is 7.63. The molecule has 1 heterocycles. The molecule has 2 nitrogen and oxygen atoms in total. The van der Waals surface area contributed by atoms with Gasteiger partial charge in [0.25, 0.3) is 0 Å². The summed E-state index contributed by atoms with van der Waals surface area (Å²) >= 11 is 0. The van der Waals surface area contributed by atoms with Gasteiger partial charge in [-0.1, -0.05) is 170 Å². The van der Waals surface area contributed by atoms with Crippen LogP contribution >= 0.6 is 0 Å². The second-order valence-corrected chi connectivity index (χ2v) is 15.3. The summed E-state index contributed by atoms with van der Waals surface area (Å²) in [5.74, 6) is 0.309. The van der Waals surface area contributed by atoms with Gasteiger partial charge in [0.05, 0.1) is 11.0 Å². The zero-order valence-electron chi connectivity index (χ0n) is 32.0. The van der Waals surface area contributed by atoms with Crippen molar-refractivity contribution >= 4 is 54.7 Å². The third-order valence-electron chi connectivity index (χ3n) is 11.9. The van der Waals surface area contributed by atoms with Gasteiger partial charge in [-0.15, -0.1) is 0 Å². The number of aromatic nitrogens is 1. The smallest absolute Gasteiger partial charge is 0.0547 e. The van der Waals surface area contributed by atoms with Crippen LogP contribution in [0.15, 0.2) is 230 Å². The van der Waals surface area contributed by atoms with Crippen molar-refractivity contribution in [3.63, 3.8) is 0 Å². The summed E-state index contributed by atoms with van der Waals surface area (Å²) in [4.78, 5) is 2.41. The fourth-order valence-electron chi connectivity index (χ4n) is 9.17. The van der Waals surface area contributed by atoms with Gasteiger partial charge in [-0.2, -0.15) is 0 Å². The number of hydrogen-bond acceptors (Lipinski definition) is 1. The van der Waals surface area contributed by atoms with Crippen molar-refractivity contribution in [1.29, 1.82) is 0 Å². The lowest BCUT2D eigenvalue weighted by Crippen LogP contribution is -2.17. The molecule has 1 aliphatic carbocycles. The first-order valence-corrected chi connectivity index (χ1v) is 20.2. The van der Waals surface area contributed by atoms with Crippen molar-refractivity contribution in [2.24, 2.45) is 0 Å². The summed E-state index contributed by atoms with van der Waals surface area (Å²) < 4.78 is 2.42. The van der Waals surface area contributed by atoms with Crippen molar-refractivity contribution in [1.82, 2.24) is 4.57 Å². The Balaban J connectivity index is 0.979. The Morgan fingerprint density at radius 2 is 1.09 bits per heavy atom. The molecule has 11 rings (SSSR count). The lowest BCUT2D eigenvalue weighted by molar-refractivity contribution is 0.840. The molecule has 58 heavy (non-hydrogen) atoms. The largest absolute Gasteiger partial charge is 0.311 e. The van der Waals surface area contributed by atoms with E-state index in [0.29, 0.717) is 5.92 Å². The van der Waals surface area contributed by atoms with Crippen LogP contribution in [0.1, 0.15) is 17.9 Å². The van der Waals surface area contributed by atoms with Crippen LogP contribution in [-0.4, -0.2) is 4.57 Å². The van der Waals surface area contributed by atoms with Gasteiger partial charge in [-0.25, -0.2) is 0 Å². The molecule has 9 aromatic carbocycles. The van der Waals surface area contributed by atoms with E-state index in [4.69, 9.17) is 0 Å². The average molecular weight is 741 g/mol. The van der Waals surface area contributed by atoms with Crippen molar-refractivity contribution < 1.29 is 0 Å². The molecule has 0 N–H and O–H groups in total. The second-order valence-electron chi connectivity index (χ2n) is 15.3. The van der Waals surface area contributed by atoms with Crippen LogP contribution in [0.2, 0.25) is 0 Å². The Morgan fingerprint density at radius 1 is 0.448 bits per heavy atom. The predicted octanol–water partition coefficient (Wildman–Crippen LogP) is 15.2. The van der Waals surface area contributed by atoms with E-state index in [0.717, 1.165) is 23.5 Å². The quantitative estimate of drug-likeness (QED) is 0.158. The summed E-state index contributed by atoms with van der Waals surface area (Å²) in [6.45, 7) is 0. The lowest BCUT2D eigenvalue weighted by atomic mass is 9.89. The van der Waals surface area contributed by atoms with Gasteiger partial charge in [-0.3, -0.25) is 0 Å². The SMILES string of the molecule is C1=CC(c2ccc(-c3cccc4ccccc34)cc2)CC=C1N(c1ccccc1)c1cccc(-c2cccc3c2c2c4ccccc4ccc2n3-c2ccccc2)c1. The van der Waals surface area contributed by atoms with E-state index in [-0.39, 0.29) is 0 Å². The van der Waals surface area contributed by atoms with Crippen LogP contribution in [0.4, 0.5) is 11.4 Å². The fraction of sp³-hybridized carbons (Fsp3) is 0.0357. The molecule has 1 aromatic heterocycles. The van der Waals surface area contributed by atoms with Crippen LogP contribution in [0.3, 0.4) is 0 Å². The highest BCUT2D eigenvalue weighted by Gasteiger charge is 2.21. The molecule has 0 aliphatic heterocycles. The van der Waals surface area contributed by atoms with E-state index in [1.165, 1.54) is 76.9 Å². The van der Waals surface area contributed by atoms with Crippen LogP contribution in [0, 0.1) is 0 Å². The Labute approximate surface area is 338 Å². The number of benzene rings is 9. The highest BCUT2D eigenvalue weighted by Crippen LogP contribution is 2.43. The standard InChI is InChI=1S/C56H40N2/c1-3-18-45(19-4-1)57(47-35-32-40(33-36-47)39-28-30-43(31-29-39)50-25-12-16-41-14-7-9-23-49(41)50)48-22-11-17-44(38-48)52-26-13-27-53-56(52)55-51-24-10-8-15-42(51)34-37-54(55)58(53)46-20-5-2-6-21-46/h1-32,34-38,40H,33H2. The first kappa shape index (κ1) is 33.9. The summed E-state index contributed by atoms with van der Waals surface area (Å²) in [6.07, 6.45) is 8.02. The first-order chi connectivity index (χ1) is 28.8. The number of nitrogens with zero attached hydrogens (tertiary/aromatic N) is 2. The van der Waals surface area contributed by atoms with Gasteiger partial charge in [0.2, 0.25) is 0 Å². The van der Waals surface area contributed by atoms with Crippen molar-refractivity contribution in [2.75, 3.05) is 4.90 Å². The van der Waals surface area contributed by atoms with Crippen LogP contribution in [0.25, 0.3) is 71.3 Å². The highest BCUT2D eigenvalue weighted by atomic mass is 15.1. The van der Waals surface area contributed by atoms with E-state index in [1.54, 1.807) is 0 Å². The van der Waals surface area contributed by atoms with Gasteiger partial charge < -0.3 is 9.47 Å². The van der Waals surface area contributed by atoms with Gasteiger partial charge in [-0.05, 0) is 110 Å². The van der Waals surface area contributed by atoms with E-state index >= 15 is 0 Å². The maximum absolute atomic E-state index is 2.42. The molecule has 1 atom stereocenters. The van der Waals surface area contributed by atoms with Gasteiger partial charge >= 0.3 is 0 Å². The highest BCUT2D eigenvalue weighted by molar-refractivity contribution is 6.25. The molecule has 1 aliphatic rings. The Morgan fingerprint density at radius 3 is 1.88 bits per heavy atom. The fourth-order valence-corrected chi connectivity index (χ4v) is 9.17. The molecule has 2 heteroatoms. The Hall–Kier alpha value is -7.42. The molecular formula is C56H40N2. The number of allylic oxidation sites excluding steroid dienone is 3. The number of para-hydroxylation sites is 2. The van der Waals surface area contributed by atoms with Gasteiger partial charge in [0.1, 0.15) is 0 Å². The molecule has 1 unspecified atom stereocenters. The lowest BCUT2D eigenvalue weighted by Gasteiger charge is -2.29. The Kier molecular flexibility index (Phi) is 8.33. The van der Waals surface area contributed by atoms with Crippen LogP contribution < -0.4 is 4.90 Å².